The van der Waals surface area contributed by atoms with Crippen LogP contribution in [-0.2, 0) is 5.92 Å². The highest BCUT2D eigenvalue weighted by atomic mass is 19.3. The molecule has 5 heteroatoms. The fourth-order valence-corrected chi connectivity index (χ4v) is 2.88. The largest absolute Gasteiger partial charge is 0.320 e. The van der Waals surface area contributed by atoms with Gasteiger partial charge in [0.05, 0.1) is 11.0 Å². The summed E-state index contributed by atoms with van der Waals surface area (Å²) >= 11 is 0. The highest BCUT2D eigenvalue weighted by Gasteiger charge is 2.38. The second-order valence-corrected chi connectivity index (χ2v) is 5.95. The van der Waals surface area contributed by atoms with Gasteiger partial charge in [0.25, 0.3) is 5.56 Å². The van der Waals surface area contributed by atoms with E-state index in [4.69, 9.17) is 0 Å². The summed E-state index contributed by atoms with van der Waals surface area (Å²) in [5, 5.41) is 0. The van der Waals surface area contributed by atoms with E-state index in [0.29, 0.717) is 11.0 Å². The summed E-state index contributed by atoms with van der Waals surface area (Å²) in [5.41, 5.74) is 0.545. The summed E-state index contributed by atoms with van der Waals surface area (Å²) in [6.07, 6.45) is 0. The predicted octanol–water partition coefficient (Wildman–Crippen LogP) is 4.73. The van der Waals surface area contributed by atoms with Crippen molar-refractivity contribution in [1.82, 2.24) is 9.97 Å². The molecule has 0 saturated heterocycles. The monoisotopic (exact) mass is 348 g/mol. The molecule has 0 fully saturated rings. The molecule has 3 nitrogen and oxygen atoms in total. The van der Waals surface area contributed by atoms with E-state index in [1.807, 2.05) is 30.3 Å². The minimum absolute atomic E-state index is 0.273. The topological polar surface area (TPSA) is 45.8 Å². The number of alkyl halides is 2. The number of halogens is 2. The molecule has 0 atom stereocenters. The van der Waals surface area contributed by atoms with Crippen molar-refractivity contribution in [2.24, 2.45) is 0 Å². The molecule has 128 valence electrons. The van der Waals surface area contributed by atoms with Gasteiger partial charge in [-0.3, -0.25) is 4.79 Å². The Balaban J connectivity index is 1.77. The first-order chi connectivity index (χ1) is 12.6. The number of nitrogens with zero attached hydrogens (tertiary/aromatic N) is 1. The molecule has 0 amide bonds. The molecule has 4 aromatic rings. The molecule has 0 unspecified atom stereocenters. The molecule has 0 radical (unpaired) electrons. The van der Waals surface area contributed by atoms with Crippen LogP contribution in [0.2, 0.25) is 0 Å². The summed E-state index contributed by atoms with van der Waals surface area (Å²) in [6.45, 7) is 0. The number of fused-ring (bicyclic) bond motifs is 1. The van der Waals surface area contributed by atoms with Crippen molar-refractivity contribution in [3.63, 3.8) is 0 Å². The number of hydrogen-bond acceptors (Lipinski definition) is 2. The van der Waals surface area contributed by atoms with Crippen LogP contribution < -0.4 is 5.56 Å². The van der Waals surface area contributed by atoms with E-state index < -0.39 is 17.2 Å². The van der Waals surface area contributed by atoms with E-state index in [1.54, 1.807) is 36.4 Å². The smallest absolute Gasteiger partial charge is 0.319 e. The van der Waals surface area contributed by atoms with Crippen molar-refractivity contribution in [2.45, 2.75) is 5.92 Å². The number of hydrogen-bond donors (Lipinski definition) is 1. The van der Waals surface area contributed by atoms with Gasteiger partial charge in [0, 0.05) is 5.56 Å². The van der Waals surface area contributed by atoms with Gasteiger partial charge in [-0.2, -0.15) is 8.78 Å². The predicted molar refractivity (Wildman–Crippen MR) is 97.2 cm³/mol. The summed E-state index contributed by atoms with van der Waals surface area (Å²) < 4.78 is 29.9. The van der Waals surface area contributed by atoms with Crippen LogP contribution in [0.5, 0.6) is 0 Å². The fourth-order valence-electron chi connectivity index (χ4n) is 2.88. The summed E-state index contributed by atoms with van der Waals surface area (Å²) in [6, 6.07) is 22.0. The first kappa shape index (κ1) is 16.1. The third-order valence-corrected chi connectivity index (χ3v) is 4.25. The molecule has 1 heterocycles. The van der Waals surface area contributed by atoms with Crippen LogP contribution in [0, 0.1) is 0 Å². The van der Waals surface area contributed by atoms with Gasteiger partial charge in [-0.1, -0.05) is 66.7 Å². The number of H-pyrrole nitrogens is 1. The van der Waals surface area contributed by atoms with Crippen molar-refractivity contribution in [1.29, 1.82) is 0 Å². The van der Waals surface area contributed by atoms with Gasteiger partial charge in [-0.05, 0) is 23.3 Å². The number of para-hydroxylation sites is 2. The van der Waals surface area contributed by atoms with Crippen molar-refractivity contribution >= 4 is 11.0 Å². The van der Waals surface area contributed by atoms with E-state index in [9.17, 15) is 13.6 Å². The molecular formula is C21H14F2N2O. The van der Waals surface area contributed by atoms with Crippen molar-refractivity contribution < 1.29 is 8.78 Å². The molecule has 0 aliphatic heterocycles. The standard InChI is InChI=1S/C21H14F2N2O/c22-21(23,19-20(26)25-18-9-5-4-8-17(18)24-19)16-12-10-15(11-13-16)14-6-2-1-3-7-14/h1-13H,(H,25,26). The van der Waals surface area contributed by atoms with E-state index in [0.717, 1.165) is 11.1 Å². The number of aromatic amines is 1. The van der Waals surface area contributed by atoms with E-state index in [-0.39, 0.29) is 5.56 Å². The van der Waals surface area contributed by atoms with Crippen molar-refractivity contribution in [3.05, 3.63) is 100 Å². The summed E-state index contributed by atoms with van der Waals surface area (Å²) in [4.78, 5) is 18.5. The van der Waals surface area contributed by atoms with E-state index in [2.05, 4.69) is 9.97 Å². The lowest BCUT2D eigenvalue weighted by Crippen LogP contribution is -2.28. The molecule has 4 rings (SSSR count). The Morgan fingerprint density at radius 3 is 2.12 bits per heavy atom. The molecule has 26 heavy (non-hydrogen) atoms. The quantitative estimate of drug-likeness (QED) is 0.582. The Morgan fingerprint density at radius 2 is 1.38 bits per heavy atom. The van der Waals surface area contributed by atoms with Gasteiger partial charge < -0.3 is 4.98 Å². The lowest BCUT2D eigenvalue weighted by atomic mass is 10.00. The Hall–Kier alpha value is -3.34. The maximum absolute atomic E-state index is 14.9. The van der Waals surface area contributed by atoms with Gasteiger partial charge in [-0.15, -0.1) is 0 Å². The third kappa shape index (κ3) is 2.77. The number of rotatable bonds is 3. The zero-order valence-corrected chi connectivity index (χ0v) is 13.6. The summed E-state index contributed by atoms with van der Waals surface area (Å²) in [7, 11) is 0. The van der Waals surface area contributed by atoms with Crippen molar-refractivity contribution in [3.8, 4) is 11.1 Å². The Labute approximate surface area is 148 Å². The second kappa shape index (κ2) is 6.19. The number of benzene rings is 3. The van der Waals surface area contributed by atoms with Crippen molar-refractivity contribution in [2.75, 3.05) is 0 Å². The maximum Gasteiger partial charge on any atom is 0.320 e. The number of nitrogens with one attached hydrogen (secondary N) is 1. The van der Waals surface area contributed by atoms with Gasteiger partial charge in [0.1, 0.15) is 0 Å². The van der Waals surface area contributed by atoms with Crippen LogP contribution in [0.15, 0.2) is 83.7 Å². The third-order valence-electron chi connectivity index (χ3n) is 4.25. The molecule has 1 aromatic heterocycles. The summed E-state index contributed by atoms with van der Waals surface area (Å²) in [5.74, 6) is -3.49. The first-order valence-electron chi connectivity index (χ1n) is 8.09. The van der Waals surface area contributed by atoms with Gasteiger partial charge >= 0.3 is 5.92 Å². The Morgan fingerprint density at radius 1 is 0.769 bits per heavy atom. The SMILES string of the molecule is O=c1[nH]c2ccccc2nc1C(F)(F)c1ccc(-c2ccccc2)cc1. The Kier molecular flexibility index (Phi) is 3.84. The molecule has 0 bridgehead atoms. The van der Waals surface area contributed by atoms with Crippen LogP contribution in [-0.4, -0.2) is 9.97 Å². The lowest BCUT2D eigenvalue weighted by Gasteiger charge is -2.16. The minimum atomic E-state index is -3.49. The van der Waals surface area contributed by atoms with Gasteiger partial charge in [0.2, 0.25) is 0 Å². The zero-order chi connectivity index (χ0) is 18.1. The molecular weight excluding hydrogens is 334 g/mol. The molecule has 3 aromatic carbocycles. The maximum atomic E-state index is 14.9. The van der Waals surface area contributed by atoms with E-state index >= 15 is 0 Å². The zero-order valence-electron chi connectivity index (χ0n) is 13.6. The number of aromatic nitrogens is 2. The highest BCUT2D eigenvalue weighted by molar-refractivity contribution is 5.73. The minimum Gasteiger partial charge on any atom is -0.319 e. The Bertz CT molecular complexity index is 1120. The van der Waals surface area contributed by atoms with Crippen LogP contribution in [0.4, 0.5) is 8.78 Å². The highest BCUT2D eigenvalue weighted by Crippen LogP contribution is 2.34. The van der Waals surface area contributed by atoms with Crippen LogP contribution in [0.25, 0.3) is 22.2 Å². The molecule has 1 N–H and O–H groups in total. The molecule has 0 aliphatic rings. The average molecular weight is 348 g/mol. The fraction of sp³-hybridized carbons (Fsp3) is 0.0476. The van der Waals surface area contributed by atoms with Crippen LogP contribution in [0.1, 0.15) is 11.3 Å². The molecule has 0 aliphatic carbocycles. The van der Waals surface area contributed by atoms with Gasteiger partial charge in [0.15, 0.2) is 5.69 Å². The van der Waals surface area contributed by atoms with Gasteiger partial charge in [-0.25, -0.2) is 4.98 Å². The van der Waals surface area contributed by atoms with E-state index in [1.165, 1.54) is 12.1 Å². The average Bonchev–Trinajstić information content (AvgIpc) is 2.68. The molecule has 0 saturated carbocycles. The normalized spacial score (nSPS) is 11.6. The van der Waals surface area contributed by atoms with Crippen LogP contribution >= 0.6 is 0 Å². The lowest BCUT2D eigenvalue weighted by molar-refractivity contribution is 0.0367. The molecule has 0 spiro atoms. The first-order valence-corrected chi connectivity index (χ1v) is 8.09. The van der Waals surface area contributed by atoms with Crippen LogP contribution in [0.3, 0.4) is 0 Å². The second-order valence-electron chi connectivity index (χ2n) is 5.95.